The fourth-order valence-corrected chi connectivity index (χ4v) is 9.17. The van der Waals surface area contributed by atoms with Crippen LogP contribution < -0.4 is 0 Å². The summed E-state index contributed by atoms with van der Waals surface area (Å²) < 4.78 is 0. The Labute approximate surface area is 196 Å². The van der Waals surface area contributed by atoms with Gasteiger partial charge in [-0.1, -0.05) is 59.5 Å². The van der Waals surface area contributed by atoms with E-state index in [1.807, 2.05) is 6.08 Å². The lowest BCUT2D eigenvalue weighted by molar-refractivity contribution is -0.116. The molecule has 3 heteroatoms. The minimum atomic E-state index is 0.00896. The van der Waals surface area contributed by atoms with Crippen LogP contribution in [0.15, 0.2) is 16.8 Å². The molecule has 4 aliphatic carbocycles. The first-order valence-corrected chi connectivity index (χ1v) is 13.6. The molecule has 1 N–H and O–H groups in total. The van der Waals surface area contributed by atoms with Crippen molar-refractivity contribution in [2.45, 2.75) is 106 Å². The third kappa shape index (κ3) is 3.80. The van der Waals surface area contributed by atoms with E-state index in [-0.39, 0.29) is 11.2 Å². The fraction of sp³-hybridized carbons (Fsp3) is 0.862. The van der Waals surface area contributed by atoms with Gasteiger partial charge >= 0.3 is 0 Å². The zero-order valence-electron chi connectivity index (χ0n) is 21.5. The molecule has 32 heavy (non-hydrogen) atoms. The van der Waals surface area contributed by atoms with Gasteiger partial charge < -0.3 is 5.21 Å². The average Bonchev–Trinajstić information content (AvgIpc) is 3.11. The van der Waals surface area contributed by atoms with Crippen molar-refractivity contribution in [3.05, 3.63) is 11.6 Å². The van der Waals surface area contributed by atoms with Gasteiger partial charge in [-0.25, -0.2) is 0 Å². The van der Waals surface area contributed by atoms with Crippen LogP contribution in [0.4, 0.5) is 0 Å². The number of carbonyl (C=O) groups excluding carboxylic acids is 1. The Morgan fingerprint density at radius 3 is 2.50 bits per heavy atom. The highest BCUT2D eigenvalue weighted by atomic mass is 16.4. The van der Waals surface area contributed by atoms with Crippen LogP contribution >= 0.6 is 0 Å². The summed E-state index contributed by atoms with van der Waals surface area (Å²) >= 11 is 0. The van der Waals surface area contributed by atoms with Crippen LogP contribution in [-0.4, -0.2) is 16.7 Å². The second-order valence-electron chi connectivity index (χ2n) is 12.8. The Hall–Kier alpha value is -1.12. The van der Waals surface area contributed by atoms with Gasteiger partial charge in [0.25, 0.3) is 0 Å². The Kier molecular flexibility index (Phi) is 6.69. The van der Waals surface area contributed by atoms with Gasteiger partial charge in [0, 0.05) is 6.42 Å². The van der Waals surface area contributed by atoms with E-state index in [2.05, 4.69) is 46.7 Å². The van der Waals surface area contributed by atoms with Gasteiger partial charge in [0.1, 0.15) is 0 Å². The van der Waals surface area contributed by atoms with E-state index < -0.39 is 0 Å². The van der Waals surface area contributed by atoms with Crippen LogP contribution in [0.1, 0.15) is 106 Å². The fourth-order valence-electron chi connectivity index (χ4n) is 9.17. The lowest BCUT2D eigenvalue weighted by Crippen LogP contribution is -2.53. The van der Waals surface area contributed by atoms with Gasteiger partial charge in [-0.15, -0.1) is 0 Å². The molecule has 0 aliphatic heterocycles. The Morgan fingerprint density at radius 2 is 1.84 bits per heavy atom. The van der Waals surface area contributed by atoms with Crippen molar-refractivity contribution < 1.29 is 10.0 Å². The maximum absolute atomic E-state index is 12.2. The first kappa shape index (κ1) is 24.0. The maximum Gasteiger partial charge on any atom is 0.156 e. The second kappa shape index (κ2) is 8.91. The molecule has 0 unspecified atom stereocenters. The quantitative estimate of drug-likeness (QED) is 0.339. The summed E-state index contributed by atoms with van der Waals surface area (Å²) in [5, 5.41) is 13.7. The standard InChI is InChI=1S/C29H47NO2/c1-7-20(18(2)3)9-8-19(4)23-10-11-24-22-17-27(30-32)26-16-21(31)12-14-29(26,6)25(22)13-15-28(23,24)5/h16,18-20,22-25,32H,7-15,17H2,1-6H3/b30-27-/t19-,20-,22+,23-,24+,25+,28-,29-/m1/s1. The van der Waals surface area contributed by atoms with E-state index in [1.165, 1.54) is 44.9 Å². The molecule has 0 aromatic rings. The number of hydrogen-bond donors (Lipinski definition) is 1. The van der Waals surface area contributed by atoms with Crippen molar-refractivity contribution in [1.82, 2.24) is 0 Å². The van der Waals surface area contributed by atoms with E-state index in [4.69, 9.17) is 0 Å². The zero-order valence-corrected chi connectivity index (χ0v) is 21.5. The molecule has 0 spiro atoms. The van der Waals surface area contributed by atoms with Gasteiger partial charge in [-0.3, -0.25) is 4.79 Å². The van der Waals surface area contributed by atoms with E-state index >= 15 is 0 Å². The van der Waals surface area contributed by atoms with Crippen LogP contribution in [-0.2, 0) is 4.79 Å². The normalized spacial score (nSPS) is 42.3. The molecule has 3 nitrogen and oxygen atoms in total. The second-order valence-corrected chi connectivity index (χ2v) is 12.8. The van der Waals surface area contributed by atoms with Gasteiger partial charge in [0.15, 0.2) is 5.78 Å². The molecule has 4 rings (SSSR count). The minimum Gasteiger partial charge on any atom is -0.411 e. The molecular weight excluding hydrogens is 394 g/mol. The first-order chi connectivity index (χ1) is 15.2. The Morgan fingerprint density at radius 1 is 1.09 bits per heavy atom. The zero-order chi connectivity index (χ0) is 23.3. The SMILES string of the molecule is CC[C@H](CC[C@@H](C)[C@H]1CC[C@H]2[C@@H]3C/C(=N/O)C4=CC(=O)CC[C@]4(C)[C@H]3CC[C@]12C)C(C)C. The van der Waals surface area contributed by atoms with Crippen molar-refractivity contribution in [1.29, 1.82) is 0 Å². The molecule has 3 fully saturated rings. The maximum atomic E-state index is 12.2. The largest absolute Gasteiger partial charge is 0.411 e. The number of ketones is 1. The molecule has 8 atom stereocenters. The number of fused-ring (bicyclic) bond motifs is 5. The summed E-state index contributed by atoms with van der Waals surface area (Å²) in [6.45, 7) is 14.6. The molecular formula is C29H47NO2. The number of rotatable bonds is 6. The Balaban J connectivity index is 1.54. The van der Waals surface area contributed by atoms with Crippen molar-refractivity contribution in [3.63, 3.8) is 0 Å². The summed E-state index contributed by atoms with van der Waals surface area (Å²) in [4.78, 5) is 12.2. The number of carbonyl (C=O) groups is 1. The predicted molar refractivity (Wildman–Crippen MR) is 132 cm³/mol. The van der Waals surface area contributed by atoms with E-state index in [1.54, 1.807) is 0 Å². The lowest BCUT2D eigenvalue weighted by Gasteiger charge is -2.58. The predicted octanol–water partition coefficient (Wildman–Crippen LogP) is 7.67. The van der Waals surface area contributed by atoms with Gasteiger partial charge in [0.05, 0.1) is 5.71 Å². The van der Waals surface area contributed by atoms with Crippen LogP contribution in [0.3, 0.4) is 0 Å². The number of allylic oxidation sites excluding steroid dienone is 1. The first-order valence-electron chi connectivity index (χ1n) is 13.6. The summed E-state index contributed by atoms with van der Waals surface area (Å²) in [7, 11) is 0. The van der Waals surface area contributed by atoms with Gasteiger partial charge in [0.2, 0.25) is 0 Å². The third-order valence-electron chi connectivity index (χ3n) is 11.1. The molecule has 0 bridgehead atoms. The van der Waals surface area contributed by atoms with Crippen molar-refractivity contribution >= 4 is 11.5 Å². The highest BCUT2D eigenvalue weighted by Crippen LogP contribution is 2.67. The molecule has 0 saturated heterocycles. The average molecular weight is 442 g/mol. The van der Waals surface area contributed by atoms with E-state index in [0.717, 1.165) is 53.7 Å². The van der Waals surface area contributed by atoms with Gasteiger partial charge in [-0.05, 0) is 109 Å². The van der Waals surface area contributed by atoms with Gasteiger partial charge in [-0.2, -0.15) is 0 Å². The summed E-state index contributed by atoms with van der Waals surface area (Å²) in [5.74, 6) is 5.44. The van der Waals surface area contributed by atoms with Crippen LogP contribution in [0.2, 0.25) is 0 Å². The van der Waals surface area contributed by atoms with E-state index in [0.29, 0.717) is 23.7 Å². The molecule has 0 aromatic carbocycles. The van der Waals surface area contributed by atoms with E-state index in [9.17, 15) is 10.0 Å². The third-order valence-corrected chi connectivity index (χ3v) is 11.1. The Bertz CT molecular complexity index is 782. The van der Waals surface area contributed by atoms with Crippen molar-refractivity contribution in [2.24, 2.45) is 57.4 Å². The lowest BCUT2D eigenvalue weighted by atomic mass is 9.46. The van der Waals surface area contributed by atoms with Crippen LogP contribution in [0, 0.1) is 52.3 Å². The molecule has 180 valence electrons. The molecule has 0 amide bonds. The number of oxime groups is 1. The molecule has 4 aliphatic rings. The number of nitrogens with zero attached hydrogens (tertiary/aromatic N) is 1. The molecule has 0 radical (unpaired) electrons. The summed E-state index contributed by atoms with van der Waals surface area (Å²) in [6, 6.07) is 0. The molecule has 3 saturated carbocycles. The smallest absolute Gasteiger partial charge is 0.156 e. The monoisotopic (exact) mass is 441 g/mol. The summed E-state index contributed by atoms with van der Waals surface area (Å²) in [6.07, 6.45) is 13.6. The van der Waals surface area contributed by atoms with Crippen molar-refractivity contribution in [3.8, 4) is 0 Å². The highest BCUT2D eigenvalue weighted by Gasteiger charge is 2.60. The van der Waals surface area contributed by atoms with Crippen LogP contribution in [0.5, 0.6) is 0 Å². The van der Waals surface area contributed by atoms with Crippen LogP contribution in [0.25, 0.3) is 0 Å². The molecule has 0 heterocycles. The highest BCUT2D eigenvalue weighted by molar-refractivity contribution is 6.08. The van der Waals surface area contributed by atoms with Crippen molar-refractivity contribution in [2.75, 3.05) is 0 Å². The topological polar surface area (TPSA) is 49.7 Å². The number of hydrogen-bond acceptors (Lipinski definition) is 3. The minimum absolute atomic E-state index is 0.00896. The molecule has 0 aromatic heterocycles. The summed E-state index contributed by atoms with van der Waals surface area (Å²) in [5.41, 5.74) is 2.30.